The third-order valence-corrected chi connectivity index (χ3v) is 3.82. The molecule has 0 saturated carbocycles. The van der Waals surface area contributed by atoms with Crippen molar-refractivity contribution in [2.24, 2.45) is 0 Å². The average Bonchev–Trinajstić information content (AvgIpc) is 3.10. The number of rotatable bonds is 5. The normalized spacial score (nSPS) is 10.8. The highest BCUT2D eigenvalue weighted by molar-refractivity contribution is 9.10. The summed E-state index contributed by atoms with van der Waals surface area (Å²) in [5.41, 5.74) is 0. The number of furan rings is 1. The van der Waals surface area contributed by atoms with Gasteiger partial charge in [-0.2, -0.15) is 5.10 Å². The van der Waals surface area contributed by atoms with Gasteiger partial charge in [-0.25, -0.2) is 4.98 Å². The number of nitrogens with zero attached hydrogens (tertiary/aromatic N) is 3. The summed E-state index contributed by atoms with van der Waals surface area (Å²) in [6.07, 6.45) is 7.25. The smallest absolute Gasteiger partial charge is 0.183 e. The van der Waals surface area contributed by atoms with E-state index in [1.807, 2.05) is 29.2 Å². The zero-order valence-electron chi connectivity index (χ0n) is 9.91. The summed E-state index contributed by atoms with van der Waals surface area (Å²) < 4.78 is 8.10. The van der Waals surface area contributed by atoms with Gasteiger partial charge in [-0.1, -0.05) is 0 Å². The van der Waals surface area contributed by atoms with Gasteiger partial charge in [0.1, 0.15) is 5.76 Å². The number of halogens is 1. The van der Waals surface area contributed by atoms with Crippen LogP contribution < -0.4 is 5.32 Å². The van der Waals surface area contributed by atoms with Gasteiger partial charge in [0, 0.05) is 17.3 Å². The van der Waals surface area contributed by atoms with Gasteiger partial charge in [-0.15, -0.1) is 11.3 Å². The molecule has 0 saturated heterocycles. The minimum absolute atomic E-state index is 0.646. The molecular formula is C12H11BrN4OS. The lowest BCUT2D eigenvalue weighted by molar-refractivity contribution is 0.518. The van der Waals surface area contributed by atoms with Crippen molar-refractivity contribution in [3.8, 4) is 0 Å². The highest BCUT2D eigenvalue weighted by atomic mass is 79.9. The molecule has 3 heterocycles. The third kappa shape index (κ3) is 3.24. The minimum atomic E-state index is 0.646. The first-order valence-corrected chi connectivity index (χ1v) is 7.29. The molecule has 0 spiro atoms. The molecule has 1 N–H and O–H groups in total. The maximum Gasteiger partial charge on any atom is 0.183 e. The van der Waals surface area contributed by atoms with E-state index >= 15 is 0 Å². The van der Waals surface area contributed by atoms with Crippen molar-refractivity contribution in [3.63, 3.8) is 0 Å². The quantitative estimate of drug-likeness (QED) is 0.774. The molecule has 3 rings (SSSR count). The van der Waals surface area contributed by atoms with Crippen molar-refractivity contribution < 1.29 is 4.42 Å². The fourth-order valence-electron chi connectivity index (χ4n) is 1.62. The molecule has 0 aliphatic carbocycles. The molecule has 0 aliphatic rings. The van der Waals surface area contributed by atoms with Crippen LogP contribution >= 0.6 is 27.3 Å². The van der Waals surface area contributed by atoms with Gasteiger partial charge in [0.2, 0.25) is 0 Å². The standard InChI is InChI=1S/C12H11BrN4OS/c13-9-4-16-17(7-9)8-11-6-15-12(19-11)14-5-10-2-1-3-18-10/h1-4,6-7H,5,8H2,(H,14,15). The predicted molar refractivity (Wildman–Crippen MR) is 77.2 cm³/mol. The van der Waals surface area contributed by atoms with Gasteiger partial charge in [0.05, 0.1) is 30.0 Å². The topological polar surface area (TPSA) is 55.9 Å². The first kappa shape index (κ1) is 12.4. The Kier molecular flexibility index (Phi) is 3.65. The Bertz CT molecular complexity index is 646. The summed E-state index contributed by atoms with van der Waals surface area (Å²) in [4.78, 5) is 5.48. The van der Waals surface area contributed by atoms with Crippen LogP contribution in [-0.4, -0.2) is 14.8 Å². The van der Waals surface area contributed by atoms with Crippen LogP contribution in [0.25, 0.3) is 0 Å². The summed E-state index contributed by atoms with van der Waals surface area (Å²) in [6.45, 7) is 1.37. The maximum atomic E-state index is 5.26. The fraction of sp³-hybridized carbons (Fsp3) is 0.167. The number of thiazole rings is 1. The van der Waals surface area contributed by atoms with Crippen molar-refractivity contribution in [1.82, 2.24) is 14.8 Å². The lowest BCUT2D eigenvalue weighted by atomic mass is 10.4. The predicted octanol–water partition coefficient (Wildman–Crippen LogP) is 3.36. The molecule has 3 aromatic heterocycles. The molecule has 3 aromatic rings. The zero-order chi connectivity index (χ0) is 13.1. The second kappa shape index (κ2) is 5.58. The van der Waals surface area contributed by atoms with E-state index in [-0.39, 0.29) is 0 Å². The van der Waals surface area contributed by atoms with Crippen molar-refractivity contribution in [2.75, 3.05) is 5.32 Å². The van der Waals surface area contributed by atoms with E-state index in [0.717, 1.165) is 26.8 Å². The van der Waals surface area contributed by atoms with Crippen LogP contribution in [0.15, 0.2) is 45.9 Å². The molecule has 0 unspecified atom stereocenters. The van der Waals surface area contributed by atoms with E-state index < -0.39 is 0 Å². The maximum absolute atomic E-state index is 5.26. The SMILES string of the molecule is Brc1cnn(Cc2cnc(NCc3ccco3)s2)c1. The summed E-state index contributed by atoms with van der Waals surface area (Å²) in [6, 6.07) is 3.81. The Morgan fingerprint density at radius 1 is 1.42 bits per heavy atom. The van der Waals surface area contributed by atoms with Crippen LogP contribution in [0, 0.1) is 0 Å². The Morgan fingerprint density at radius 2 is 2.37 bits per heavy atom. The molecule has 0 aliphatic heterocycles. The number of aromatic nitrogens is 3. The molecule has 0 bridgehead atoms. The second-order valence-corrected chi connectivity index (χ2v) is 5.95. The molecule has 5 nitrogen and oxygen atoms in total. The van der Waals surface area contributed by atoms with E-state index in [0.29, 0.717) is 6.54 Å². The fourth-order valence-corrected chi connectivity index (χ4v) is 2.75. The van der Waals surface area contributed by atoms with Crippen molar-refractivity contribution in [1.29, 1.82) is 0 Å². The molecule has 0 radical (unpaired) electrons. The van der Waals surface area contributed by atoms with Crippen LogP contribution in [0.4, 0.5) is 5.13 Å². The molecule has 0 fully saturated rings. The van der Waals surface area contributed by atoms with E-state index in [4.69, 9.17) is 4.42 Å². The monoisotopic (exact) mass is 338 g/mol. The van der Waals surface area contributed by atoms with Crippen LogP contribution in [0.1, 0.15) is 10.6 Å². The zero-order valence-corrected chi connectivity index (χ0v) is 12.3. The summed E-state index contributed by atoms with van der Waals surface area (Å²) in [7, 11) is 0. The highest BCUT2D eigenvalue weighted by Gasteiger charge is 2.04. The van der Waals surface area contributed by atoms with Gasteiger partial charge in [0.25, 0.3) is 0 Å². The number of hydrogen-bond acceptors (Lipinski definition) is 5. The molecular weight excluding hydrogens is 328 g/mol. The van der Waals surface area contributed by atoms with Crippen LogP contribution in [0.5, 0.6) is 0 Å². The Hall–Kier alpha value is -1.60. The van der Waals surface area contributed by atoms with Gasteiger partial charge >= 0.3 is 0 Å². The first-order valence-electron chi connectivity index (χ1n) is 5.68. The molecule has 0 atom stereocenters. The van der Waals surface area contributed by atoms with Crippen molar-refractivity contribution in [3.05, 3.63) is 52.1 Å². The number of anilines is 1. The van der Waals surface area contributed by atoms with Crippen LogP contribution in [0.3, 0.4) is 0 Å². The van der Waals surface area contributed by atoms with Gasteiger partial charge in [0.15, 0.2) is 5.13 Å². The molecule has 0 aromatic carbocycles. The first-order chi connectivity index (χ1) is 9.29. The minimum Gasteiger partial charge on any atom is -0.467 e. The molecule has 98 valence electrons. The number of hydrogen-bond donors (Lipinski definition) is 1. The van der Waals surface area contributed by atoms with Crippen molar-refractivity contribution in [2.45, 2.75) is 13.1 Å². The van der Waals surface area contributed by atoms with E-state index in [2.05, 4.69) is 31.3 Å². The molecule has 7 heteroatoms. The van der Waals surface area contributed by atoms with Crippen molar-refractivity contribution >= 4 is 32.4 Å². The highest BCUT2D eigenvalue weighted by Crippen LogP contribution is 2.20. The lowest BCUT2D eigenvalue weighted by Gasteiger charge is -1.98. The number of nitrogens with one attached hydrogen (secondary N) is 1. The van der Waals surface area contributed by atoms with Gasteiger partial charge < -0.3 is 9.73 Å². The Labute approximate surface area is 122 Å². The summed E-state index contributed by atoms with van der Waals surface area (Å²) in [5.74, 6) is 0.896. The molecule has 19 heavy (non-hydrogen) atoms. The van der Waals surface area contributed by atoms with Gasteiger partial charge in [-0.3, -0.25) is 4.68 Å². The largest absolute Gasteiger partial charge is 0.467 e. The van der Waals surface area contributed by atoms with Crippen LogP contribution in [0.2, 0.25) is 0 Å². The summed E-state index contributed by atoms with van der Waals surface area (Å²) in [5, 5.41) is 8.34. The van der Waals surface area contributed by atoms with E-state index in [1.165, 1.54) is 0 Å². The third-order valence-electron chi connectivity index (χ3n) is 2.47. The molecule has 0 amide bonds. The van der Waals surface area contributed by atoms with E-state index in [1.54, 1.807) is 23.8 Å². The van der Waals surface area contributed by atoms with E-state index in [9.17, 15) is 0 Å². The summed E-state index contributed by atoms with van der Waals surface area (Å²) >= 11 is 5.00. The Morgan fingerprint density at radius 3 is 3.11 bits per heavy atom. The Balaban J connectivity index is 1.60. The average molecular weight is 339 g/mol. The van der Waals surface area contributed by atoms with Crippen LogP contribution in [-0.2, 0) is 13.1 Å². The second-order valence-electron chi connectivity index (χ2n) is 3.92. The van der Waals surface area contributed by atoms with Gasteiger partial charge in [-0.05, 0) is 28.1 Å². The lowest BCUT2D eigenvalue weighted by Crippen LogP contribution is -1.97.